The van der Waals surface area contributed by atoms with Crippen molar-refractivity contribution in [2.75, 3.05) is 26.9 Å². The minimum atomic E-state index is -3.63. The molecule has 19 heavy (non-hydrogen) atoms. The Balaban J connectivity index is 2.66. The van der Waals surface area contributed by atoms with E-state index in [0.29, 0.717) is 12.4 Å². The van der Waals surface area contributed by atoms with Crippen molar-refractivity contribution in [3.8, 4) is 5.75 Å². The summed E-state index contributed by atoms with van der Waals surface area (Å²) in [6.45, 7) is 2.35. The second-order valence-electron chi connectivity index (χ2n) is 3.87. The summed E-state index contributed by atoms with van der Waals surface area (Å²) in [5.41, 5.74) is 0. The van der Waals surface area contributed by atoms with E-state index in [0.717, 1.165) is 0 Å². The summed E-state index contributed by atoms with van der Waals surface area (Å²) >= 11 is 0. The molecule has 0 aliphatic carbocycles. The number of rotatable bonds is 8. The van der Waals surface area contributed by atoms with Crippen LogP contribution in [-0.4, -0.2) is 46.5 Å². The Morgan fingerprint density at radius 2 is 1.95 bits per heavy atom. The number of nitrogens with one attached hydrogen (secondary N) is 1. The van der Waals surface area contributed by atoms with Crippen LogP contribution < -0.4 is 9.46 Å². The molecule has 0 aliphatic rings. The van der Waals surface area contributed by atoms with Crippen LogP contribution >= 0.6 is 0 Å². The third kappa shape index (κ3) is 5.15. The molecule has 108 valence electrons. The number of aliphatic hydroxyl groups excluding tert-OH is 1. The molecule has 1 aromatic carbocycles. The molecule has 0 aliphatic heterocycles. The Morgan fingerprint density at radius 3 is 2.47 bits per heavy atom. The van der Waals surface area contributed by atoms with Crippen LogP contribution in [0.15, 0.2) is 29.2 Å². The Labute approximate surface area is 113 Å². The molecule has 0 amide bonds. The maximum atomic E-state index is 11.9. The first-order chi connectivity index (χ1) is 8.99. The topological polar surface area (TPSA) is 84.9 Å². The number of ether oxygens (including phenoxy) is 2. The van der Waals surface area contributed by atoms with Gasteiger partial charge >= 0.3 is 0 Å². The van der Waals surface area contributed by atoms with Gasteiger partial charge in [0.05, 0.1) is 24.2 Å². The van der Waals surface area contributed by atoms with Crippen molar-refractivity contribution in [1.29, 1.82) is 0 Å². The molecule has 1 unspecified atom stereocenters. The van der Waals surface area contributed by atoms with Crippen molar-refractivity contribution in [3.05, 3.63) is 24.3 Å². The molecule has 6 nitrogen and oxygen atoms in total. The second kappa shape index (κ2) is 7.44. The van der Waals surface area contributed by atoms with Crippen LogP contribution in [0.5, 0.6) is 5.75 Å². The van der Waals surface area contributed by atoms with Crippen molar-refractivity contribution >= 4 is 10.0 Å². The van der Waals surface area contributed by atoms with E-state index in [1.807, 2.05) is 6.92 Å². The van der Waals surface area contributed by atoms with E-state index < -0.39 is 16.1 Å². The van der Waals surface area contributed by atoms with Crippen LogP contribution in [0.1, 0.15) is 6.92 Å². The lowest BCUT2D eigenvalue weighted by molar-refractivity contribution is 0.0679. The van der Waals surface area contributed by atoms with Gasteiger partial charge in [0.25, 0.3) is 0 Å². The largest absolute Gasteiger partial charge is 0.494 e. The first-order valence-electron chi connectivity index (χ1n) is 5.89. The number of benzene rings is 1. The Kier molecular flexibility index (Phi) is 6.23. The summed E-state index contributed by atoms with van der Waals surface area (Å²) < 4.78 is 36.1. The highest BCUT2D eigenvalue weighted by Crippen LogP contribution is 2.15. The molecule has 0 bridgehead atoms. The van der Waals surface area contributed by atoms with Crippen molar-refractivity contribution in [3.63, 3.8) is 0 Å². The molecular weight excluding hydrogens is 270 g/mol. The van der Waals surface area contributed by atoms with Gasteiger partial charge in [-0.1, -0.05) is 0 Å². The molecule has 0 radical (unpaired) electrons. The summed E-state index contributed by atoms with van der Waals surface area (Å²) in [5.74, 6) is 0.612. The van der Waals surface area contributed by atoms with E-state index >= 15 is 0 Å². The van der Waals surface area contributed by atoms with Gasteiger partial charge in [0, 0.05) is 13.7 Å². The first kappa shape index (κ1) is 15.9. The molecular formula is C12H19NO5S. The average molecular weight is 289 g/mol. The van der Waals surface area contributed by atoms with Crippen LogP contribution in [0.2, 0.25) is 0 Å². The van der Waals surface area contributed by atoms with Crippen LogP contribution in [0, 0.1) is 0 Å². The molecule has 1 rings (SSSR count). The second-order valence-corrected chi connectivity index (χ2v) is 5.63. The van der Waals surface area contributed by atoms with Crippen molar-refractivity contribution < 1.29 is 23.0 Å². The van der Waals surface area contributed by atoms with Crippen molar-refractivity contribution in [1.82, 2.24) is 4.72 Å². The lowest BCUT2D eigenvalue weighted by Gasteiger charge is -2.11. The van der Waals surface area contributed by atoms with Gasteiger partial charge in [-0.25, -0.2) is 13.1 Å². The van der Waals surface area contributed by atoms with Gasteiger partial charge in [-0.3, -0.25) is 0 Å². The van der Waals surface area contributed by atoms with Gasteiger partial charge in [-0.05, 0) is 31.2 Å². The Bertz CT molecular complexity index is 471. The Morgan fingerprint density at radius 1 is 1.32 bits per heavy atom. The monoisotopic (exact) mass is 289 g/mol. The third-order valence-corrected chi connectivity index (χ3v) is 3.75. The molecule has 1 aromatic rings. The van der Waals surface area contributed by atoms with E-state index in [4.69, 9.17) is 9.47 Å². The number of hydrogen-bond donors (Lipinski definition) is 2. The van der Waals surface area contributed by atoms with Gasteiger partial charge < -0.3 is 14.6 Å². The first-order valence-corrected chi connectivity index (χ1v) is 7.37. The summed E-state index contributed by atoms with van der Waals surface area (Å²) in [6, 6.07) is 6.08. The normalized spacial score (nSPS) is 13.2. The maximum absolute atomic E-state index is 11.9. The van der Waals surface area contributed by atoms with Gasteiger partial charge in [0.2, 0.25) is 10.0 Å². The summed E-state index contributed by atoms with van der Waals surface area (Å²) in [4.78, 5) is 0.126. The highest BCUT2D eigenvalue weighted by atomic mass is 32.2. The van der Waals surface area contributed by atoms with Crippen molar-refractivity contribution in [2.45, 2.75) is 17.9 Å². The highest BCUT2D eigenvalue weighted by molar-refractivity contribution is 7.89. The van der Waals surface area contributed by atoms with Crippen LogP contribution in [0.25, 0.3) is 0 Å². The molecule has 0 saturated carbocycles. The smallest absolute Gasteiger partial charge is 0.240 e. The summed E-state index contributed by atoms with van der Waals surface area (Å²) in [5, 5.41) is 9.40. The molecule has 0 aromatic heterocycles. The summed E-state index contributed by atoms with van der Waals surface area (Å²) in [7, 11) is -2.19. The lowest BCUT2D eigenvalue weighted by Crippen LogP contribution is -2.34. The molecule has 0 fully saturated rings. The van der Waals surface area contributed by atoms with Gasteiger partial charge in [-0.2, -0.15) is 0 Å². The predicted octanol–water partition coefficient (Wildman–Crippen LogP) is 0.371. The maximum Gasteiger partial charge on any atom is 0.240 e. The number of aliphatic hydroxyl groups is 1. The molecule has 0 saturated heterocycles. The van der Waals surface area contributed by atoms with E-state index in [2.05, 4.69) is 4.72 Å². The standard InChI is InChI=1S/C12H19NO5S/c1-3-18-11-4-6-12(7-5-11)19(15,16)13-8-10(14)9-17-2/h4-7,10,13-14H,3,8-9H2,1-2H3. The van der Waals surface area contributed by atoms with Gasteiger partial charge in [0.15, 0.2) is 0 Å². The molecule has 1 atom stereocenters. The number of sulfonamides is 1. The van der Waals surface area contributed by atoms with Crippen LogP contribution in [0.4, 0.5) is 0 Å². The lowest BCUT2D eigenvalue weighted by atomic mass is 10.3. The quantitative estimate of drug-likeness (QED) is 0.722. The fourth-order valence-electron chi connectivity index (χ4n) is 1.42. The number of hydrogen-bond acceptors (Lipinski definition) is 5. The zero-order valence-corrected chi connectivity index (χ0v) is 11.8. The minimum Gasteiger partial charge on any atom is -0.494 e. The van der Waals surface area contributed by atoms with E-state index in [9.17, 15) is 13.5 Å². The van der Waals surface area contributed by atoms with E-state index in [-0.39, 0.29) is 18.0 Å². The zero-order valence-electron chi connectivity index (χ0n) is 11.0. The average Bonchev–Trinajstić information content (AvgIpc) is 2.38. The third-order valence-electron chi connectivity index (χ3n) is 2.31. The zero-order chi connectivity index (χ0) is 14.3. The van der Waals surface area contributed by atoms with Gasteiger partial charge in [-0.15, -0.1) is 0 Å². The molecule has 2 N–H and O–H groups in total. The molecule has 7 heteroatoms. The molecule has 0 heterocycles. The minimum absolute atomic E-state index is 0.0752. The predicted molar refractivity (Wildman–Crippen MR) is 70.7 cm³/mol. The van der Waals surface area contributed by atoms with Crippen LogP contribution in [-0.2, 0) is 14.8 Å². The highest BCUT2D eigenvalue weighted by Gasteiger charge is 2.15. The SMILES string of the molecule is CCOc1ccc(S(=O)(=O)NCC(O)COC)cc1. The fraction of sp³-hybridized carbons (Fsp3) is 0.500. The van der Waals surface area contributed by atoms with Crippen LogP contribution in [0.3, 0.4) is 0 Å². The number of methoxy groups -OCH3 is 1. The fourth-order valence-corrected chi connectivity index (χ4v) is 2.50. The van der Waals surface area contributed by atoms with Crippen molar-refractivity contribution in [2.24, 2.45) is 0 Å². The van der Waals surface area contributed by atoms with Gasteiger partial charge in [0.1, 0.15) is 5.75 Å². The van der Waals surface area contributed by atoms with E-state index in [1.54, 1.807) is 12.1 Å². The summed E-state index contributed by atoms with van der Waals surface area (Å²) in [6.07, 6.45) is -0.873. The van der Waals surface area contributed by atoms with E-state index in [1.165, 1.54) is 19.2 Å². The molecule has 0 spiro atoms. The Hall–Kier alpha value is -1.15.